The Morgan fingerprint density at radius 3 is 2.95 bits per heavy atom. The molecule has 0 aromatic carbocycles. The molecule has 20 heavy (non-hydrogen) atoms. The normalized spacial score (nSPS) is 10.2. The van der Waals surface area contributed by atoms with E-state index in [-0.39, 0.29) is 11.4 Å². The number of aromatic carboxylic acids is 1. The van der Waals surface area contributed by atoms with Crippen molar-refractivity contribution in [1.82, 2.24) is 15.3 Å². The number of carboxylic acid groups (broad SMARTS) is 1. The number of carboxylic acids is 1. The molecule has 0 atom stereocenters. The highest BCUT2D eigenvalue weighted by Crippen LogP contribution is 2.16. The second-order valence-electron chi connectivity index (χ2n) is 4.16. The molecule has 0 radical (unpaired) electrons. The number of carbonyl (C=O) groups is 2. The SMILES string of the molecule is Cc1cc(NC(=O)NCCc2cscn2)c(C(=O)O)[nH]1. The van der Waals surface area contributed by atoms with Gasteiger partial charge < -0.3 is 20.7 Å². The summed E-state index contributed by atoms with van der Waals surface area (Å²) >= 11 is 1.50. The van der Waals surface area contributed by atoms with Gasteiger partial charge in [-0.1, -0.05) is 0 Å². The molecule has 2 rings (SSSR count). The Kier molecular flexibility index (Phi) is 4.36. The smallest absolute Gasteiger partial charge is 0.354 e. The Hall–Kier alpha value is -2.35. The first kappa shape index (κ1) is 14.1. The van der Waals surface area contributed by atoms with E-state index in [1.165, 1.54) is 11.3 Å². The molecule has 0 aliphatic heterocycles. The molecular weight excluding hydrogens is 280 g/mol. The summed E-state index contributed by atoms with van der Waals surface area (Å²) in [5, 5.41) is 16.1. The third kappa shape index (κ3) is 3.58. The molecule has 2 aromatic rings. The lowest BCUT2D eigenvalue weighted by molar-refractivity contribution is 0.0692. The summed E-state index contributed by atoms with van der Waals surface area (Å²) in [4.78, 5) is 29.4. The number of rotatable bonds is 5. The number of nitrogens with zero attached hydrogens (tertiary/aromatic N) is 1. The number of aryl methyl sites for hydroxylation is 1. The van der Waals surface area contributed by atoms with Gasteiger partial charge in [0.15, 0.2) is 0 Å². The average molecular weight is 294 g/mol. The molecule has 106 valence electrons. The predicted molar refractivity (Wildman–Crippen MR) is 75.3 cm³/mol. The number of carbonyl (C=O) groups excluding carboxylic acids is 1. The number of aromatic amines is 1. The van der Waals surface area contributed by atoms with Crippen molar-refractivity contribution in [2.75, 3.05) is 11.9 Å². The lowest BCUT2D eigenvalue weighted by atomic mass is 10.3. The van der Waals surface area contributed by atoms with Crippen LogP contribution in [0.5, 0.6) is 0 Å². The molecule has 8 heteroatoms. The summed E-state index contributed by atoms with van der Waals surface area (Å²) in [6.07, 6.45) is 0.634. The van der Waals surface area contributed by atoms with Crippen LogP contribution in [0.3, 0.4) is 0 Å². The number of aromatic nitrogens is 2. The van der Waals surface area contributed by atoms with Gasteiger partial charge >= 0.3 is 12.0 Å². The first-order valence-electron chi connectivity index (χ1n) is 5.91. The topological polar surface area (TPSA) is 107 Å². The maximum Gasteiger partial charge on any atom is 0.354 e. The average Bonchev–Trinajstić information content (AvgIpc) is 2.99. The van der Waals surface area contributed by atoms with Crippen LogP contribution < -0.4 is 10.6 Å². The molecule has 0 saturated carbocycles. The molecule has 2 heterocycles. The number of H-pyrrole nitrogens is 1. The lowest BCUT2D eigenvalue weighted by Gasteiger charge is -2.06. The fourth-order valence-corrected chi connectivity index (χ4v) is 2.28. The molecule has 0 aliphatic carbocycles. The van der Waals surface area contributed by atoms with Crippen LogP contribution in [0, 0.1) is 6.92 Å². The van der Waals surface area contributed by atoms with Gasteiger partial charge in [-0.05, 0) is 13.0 Å². The quantitative estimate of drug-likeness (QED) is 0.675. The fourth-order valence-electron chi connectivity index (χ4n) is 1.69. The molecule has 2 amide bonds. The minimum Gasteiger partial charge on any atom is -0.477 e. The van der Waals surface area contributed by atoms with Gasteiger partial charge in [0, 0.05) is 24.0 Å². The van der Waals surface area contributed by atoms with Gasteiger partial charge in [0.25, 0.3) is 0 Å². The number of urea groups is 1. The minimum absolute atomic E-state index is 0.0304. The summed E-state index contributed by atoms with van der Waals surface area (Å²) in [5.74, 6) is -1.11. The van der Waals surface area contributed by atoms with Crippen LogP contribution in [0.1, 0.15) is 21.9 Å². The van der Waals surface area contributed by atoms with Crippen molar-refractivity contribution in [2.45, 2.75) is 13.3 Å². The van der Waals surface area contributed by atoms with Gasteiger partial charge in [-0.2, -0.15) is 0 Å². The zero-order valence-electron chi connectivity index (χ0n) is 10.8. The van der Waals surface area contributed by atoms with Crippen LogP contribution >= 0.6 is 11.3 Å². The van der Waals surface area contributed by atoms with E-state index in [0.717, 1.165) is 5.69 Å². The van der Waals surface area contributed by atoms with E-state index in [1.54, 1.807) is 18.5 Å². The number of thiazole rings is 1. The molecule has 0 saturated heterocycles. The third-order valence-corrected chi connectivity index (χ3v) is 3.20. The molecule has 0 spiro atoms. The number of amides is 2. The number of hydrogen-bond acceptors (Lipinski definition) is 4. The number of anilines is 1. The van der Waals surface area contributed by atoms with Crippen molar-refractivity contribution in [3.05, 3.63) is 34.0 Å². The number of nitrogens with one attached hydrogen (secondary N) is 3. The van der Waals surface area contributed by atoms with Gasteiger partial charge in [-0.15, -0.1) is 11.3 Å². The molecule has 7 nitrogen and oxygen atoms in total. The Morgan fingerprint density at radius 1 is 1.50 bits per heavy atom. The van der Waals surface area contributed by atoms with Gasteiger partial charge in [-0.3, -0.25) is 0 Å². The summed E-state index contributed by atoms with van der Waals surface area (Å²) < 4.78 is 0. The summed E-state index contributed by atoms with van der Waals surface area (Å²) in [6, 6.07) is 1.13. The standard InChI is InChI=1S/C12H14N4O3S/c1-7-4-9(10(15-7)11(17)18)16-12(19)13-3-2-8-5-20-6-14-8/h4-6,15H,2-3H2,1H3,(H,17,18)(H2,13,16,19). The highest BCUT2D eigenvalue weighted by Gasteiger charge is 2.15. The molecule has 0 fully saturated rings. The van der Waals surface area contributed by atoms with Crippen LogP contribution in [-0.2, 0) is 6.42 Å². The second kappa shape index (κ2) is 6.20. The van der Waals surface area contributed by atoms with Crippen molar-refractivity contribution in [3.63, 3.8) is 0 Å². The molecule has 0 unspecified atom stereocenters. The van der Waals surface area contributed by atoms with Gasteiger partial charge in [0.1, 0.15) is 5.69 Å². The summed E-state index contributed by atoms with van der Waals surface area (Å²) in [6.45, 7) is 2.15. The van der Waals surface area contributed by atoms with Crippen LogP contribution in [0.15, 0.2) is 17.0 Å². The van der Waals surface area contributed by atoms with E-state index in [2.05, 4.69) is 20.6 Å². The van der Waals surface area contributed by atoms with E-state index < -0.39 is 12.0 Å². The van der Waals surface area contributed by atoms with E-state index in [9.17, 15) is 9.59 Å². The predicted octanol–water partition coefficient (Wildman–Crippen LogP) is 1.84. The van der Waals surface area contributed by atoms with E-state index >= 15 is 0 Å². The highest BCUT2D eigenvalue weighted by atomic mass is 32.1. The first-order valence-corrected chi connectivity index (χ1v) is 6.85. The van der Waals surface area contributed by atoms with Crippen LogP contribution in [0.25, 0.3) is 0 Å². The monoisotopic (exact) mass is 294 g/mol. The number of hydrogen-bond donors (Lipinski definition) is 4. The first-order chi connectivity index (χ1) is 9.56. The fraction of sp³-hybridized carbons (Fsp3) is 0.250. The van der Waals surface area contributed by atoms with Crippen molar-refractivity contribution < 1.29 is 14.7 Å². The van der Waals surface area contributed by atoms with Crippen molar-refractivity contribution in [1.29, 1.82) is 0 Å². The minimum atomic E-state index is -1.11. The Morgan fingerprint density at radius 2 is 2.30 bits per heavy atom. The molecule has 2 aromatic heterocycles. The highest BCUT2D eigenvalue weighted by molar-refractivity contribution is 7.07. The maximum atomic E-state index is 11.7. The molecule has 0 aliphatic rings. The molecular formula is C12H14N4O3S. The van der Waals surface area contributed by atoms with E-state index in [4.69, 9.17) is 5.11 Å². The van der Waals surface area contributed by atoms with Crippen molar-refractivity contribution in [3.8, 4) is 0 Å². The van der Waals surface area contributed by atoms with Crippen molar-refractivity contribution >= 4 is 29.0 Å². The summed E-state index contributed by atoms with van der Waals surface area (Å²) in [5.41, 5.74) is 3.54. The third-order valence-electron chi connectivity index (χ3n) is 2.56. The maximum absolute atomic E-state index is 11.7. The zero-order valence-corrected chi connectivity index (χ0v) is 11.6. The van der Waals surface area contributed by atoms with Gasteiger partial charge in [0.05, 0.1) is 16.9 Å². The summed E-state index contributed by atoms with van der Waals surface area (Å²) in [7, 11) is 0. The molecule has 4 N–H and O–H groups in total. The Bertz CT molecular complexity index is 606. The van der Waals surface area contributed by atoms with Crippen molar-refractivity contribution in [2.24, 2.45) is 0 Å². The van der Waals surface area contributed by atoms with Gasteiger partial charge in [-0.25, -0.2) is 14.6 Å². The van der Waals surface area contributed by atoms with Gasteiger partial charge in [0.2, 0.25) is 0 Å². The Balaban J connectivity index is 1.86. The van der Waals surface area contributed by atoms with Crippen LogP contribution in [0.4, 0.5) is 10.5 Å². The van der Waals surface area contributed by atoms with E-state index in [0.29, 0.717) is 18.7 Å². The van der Waals surface area contributed by atoms with Crippen LogP contribution in [-0.4, -0.2) is 33.6 Å². The Labute approximate surface area is 119 Å². The second-order valence-corrected chi connectivity index (χ2v) is 4.88. The van der Waals surface area contributed by atoms with E-state index in [1.807, 2.05) is 5.38 Å². The molecule has 0 bridgehead atoms. The lowest BCUT2D eigenvalue weighted by Crippen LogP contribution is -2.30. The van der Waals surface area contributed by atoms with Crippen LogP contribution in [0.2, 0.25) is 0 Å². The largest absolute Gasteiger partial charge is 0.477 e. The zero-order chi connectivity index (χ0) is 14.5.